The zero-order valence-corrected chi connectivity index (χ0v) is 77.1. The van der Waals surface area contributed by atoms with E-state index in [1.807, 2.05) is 26.0 Å². The maximum atomic E-state index is 15.6. The molecule has 17 amide bonds. The zero-order valence-electron chi connectivity index (χ0n) is 76.3. The smallest absolute Gasteiger partial charge is 0.246 e. The van der Waals surface area contributed by atoms with Gasteiger partial charge in [-0.2, -0.15) is 0 Å². The third kappa shape index (κ3) is 29.6. The second-order valence-corrected chi connectivity index (χ2v) is 35.5. The topological polar surface area (TPSA) is 572 Å². The molecule has 0 spiro atoms. The summed E-state index contributed by atoms with van der Waals surface area (Å²) in [6.07, 6.45) is 2.32. The molecule has 19 N–H and O–H groups in total. The van der Waals surface area contributed by atoms with E-state index in [-0.39, 0.29) is 107 Å². The van der Waals surface area contributed by atoms with Gasteiger partial charge in [0.25, 0.3) is 0 Å². The van der Waals surface area contributed by atoms with Crippen molar-refractivity contribution in [2.75, 3.05) is 85.6 Å². The molecule has 5 aromatic rings. The average molecular weight is 1840 g/mol. The second kappa shape index (κ2) is 50.2. The van der Waals surface area contributed by atoms with Crippen LogP contribution in [0.25, 0.3) is 21.8 Å². The molecule has 41 heteroatoms. The molecule has 0 aliphatic carbocycles. The van der Waals surface area contributed by atoms with Crippen LogP contribution >= 0.6 is 11.8 Å². The van der Waals surface area contributed by atoms with Crippen LogP contribution in [0.1, 0.15) is 142 Å². The van der Waals surface area contributed by atoms with E-state index >= 15 is 24.0 Å². The molecule has 0 bridgehead atoms. The Hall–Kier alpha value is -12.2. The summed E-state index contributed by atoms with van der Waals surface area (Å²) in [6.45, 7) is 9.87. The molecule has 2 aromatic heterocycles. The number of hydrogen-bond donors (Lipinski definition) is 17. The van der Waals surface area contributed by atoms with E-state index in [0.29, 0.717) is 64.2 Å². The molecule has 3 aliphatic heterocycles. The minimum absolute atomic E-state index is 0.00127. The Morgan fingerprint density at radius 1 is 0.565 bits per heavy atom. The molecule has 3 aliphatic rings. The van der Waals surface area contributed by atoms with Crippen molar-refractivity contribution in [2.45, 2.75) is 229 Å². The highest BCUT2D eigenvalue weighted by Gasteiger charge is 2.46. The summed E-state index contributed by atoms with van der Waals surface area (Å²) in [7, 11) is 5.46. The Bertz CT molecular complexity index is 4850. The third-order valence-electron chi connectivity index (χ3n) is 23.5. The standard InChI is InChI=1S/C90H130N20O20S/c1-12-14-25-70-83(122)100-62(35-50(3)4)81(120)105-69(80(119)96-45-75(114)93-32-34-130-11)48-131-49-77(116)99-65(37-53-28-30-56(111)31-29-53)86(125)106(8)52(7)78(117)102-67(41-74(92)113)88(127)109-33-20-27-71(109)84(123)104-68(42-91)82(121)103-64(36-51(5)6)89(128)110-47-57(112)40-73(110)85(124)101-63(38-54-43-94-60-23-18-16-21-58(54)60)79(118)97-46-76(115)98-66(39-55-44-95-61-24-19-17-22-59(55)61)87(126)108(10)72(26-15-13-2)90(129)107(70)9/h16-19,21-24,28-31,43-44,50-52,57,62-73,94-95,111-112H,12-15,20,25-27,32-42,45-49,91H2,1-11H3,(H2,92,113)(H,93,114)(H,96,119)(H,97,118)(H,98,115)(H,99,116)(H,100,122)(H,101,124)(H,102,117)(H,103,121)(H,104,123)(H,105,120)/t52-,57+,62-,63-,64-,65-,66?,67-,68-,69-,70-,71-,72-,73-/m0/s1. The number of nitrogens with two attached hydrogens (primary N) is 2. The summed E-state index contributed by atoms with van der Waals surface area (Å²) in [5.41, 5.74) is 14.8. The van der Waals surface area contributed by atoms with Gasteiger partial charge < -0.3 is 119 Å². The second-order valence-electron chi connectivity index (χ2n) is 34.5. The number of aliphatic hydroxyl groups is 1. The van der Waals surface area contributed by atoms with E-state index < -0.39 is 223 Å². The van der Waals surface area contributed by atoms with Crippen molar-refractivity contribution in [3.8, 4) is 5.75 Å². The van der Waals surface area contributed by atoms with Crippen molar-refractivity contribution in [1.29, 1.82) is 0 Å². The van der Waals surface area contributed by atoms with Crippen LogP contribution in [0.2, 0.25) is 0 Å². The van der Waals surface area contributed by atoms with E-state index in [4.69, 9.17) is 16.2 Å². The van der Waals surface area contributed by atoms with E-state index in [2.05, 4.69) is 68.5 Å². The van der Waals surface area contributed by atoms with Crippen molar-refractivity contribution in [1.82, 2.24) is 93.0 Å². The normalized spacial score (nSPS) is 24.7. The largest absolute Gasteiger partial charge is 0.508 e. The first-order valence-corrected chi connectivity index (χ1v) is 45.8. The number of thioether (sulfide) groups is 1. The summed E-state index contributed by atoms with van der Waals surface area (Å²) >= 11 is 0.820. The number of para-hydroxylation sites is 2. The molecular formula is C90H130N20O20S. The van der Waals surface area contributed by atoms with Gasteiger partial charge in [0.2, 0.25) is 100 Å². The predicted molar refractivity (Wildman–Crippen MR) is 487 cm³/mol. The molecule has 3 saturated heterocycles. The van der Waals surface area contributed by atoms with Crippen molar-refractivity contribution in [3.05, 3.63) is 102 Å². The maximum Gasteiger partial charge on any atom is 0.246 e. The molecule has 716 valence electrons. The van der Waals surface area contributed by atoms with Gasteiger partial charge in [0.1, 0.15) is 84.3 Å². The lowest BCUT2D eigenvalue weighted by atomic mass is 9.99. The van der Waals surface area contributed by atoms with Gasteiger partial charge in [-0.3, -0.25) is 81.5 Å². The SMILES string of the molecule is CCCC[C@H]1C(=O)N(C)[C@@H](CCCC)C(=O)N[C@@H](CC(C)C)C(=O)N[C@H](C(=O)NCC(=O)NCCOC)CSCC(=O)N[C@@H](Cc2ccc(O)cc2)C(=O)N(C)[C@@H](C)C(=O)N[C@@H](CC(N)=O)C(=O)N2CCC[C@H]2C(=O)N[C@@H](CN)C(=O)N[C@@H](CC(C)C)C(=O)N2C[C@H](O)C[C@H]2C(=O)N[C@@H](Cc2c[nH]c3ccccc23)C(=O)NCC(=O)NC(Cc2c[nH]c3ccccc23)C(=O)N1C. The number of carbonyl (C=O) groups is 17. The summed E-state index contributed by atoms with van der Waals surface area (Å²) in [6, 6.07) is 0.913. The summed E-state index contributed by atoms with van der Waals surface area (Å²) in [5.74, 6) is -16.4. The number of methoxy groups -OCH3 is 1. The highest BCUT2D eigenvalue weighted by Crippen LogP contribution is 2.28. The number of nitrogens with one attached hydrogen (secondary N) is 13. The van der Waals surface area contributed by atoms with Crippen molar-refractivity contribution >= 4 is 134 Å². The molecule has 0 saturated carbocycles. The fourth-order valence-corrected chi connectivity index (χ4v) is 17.1. The molecule has 131 heavy (non-hydrogen) atoms. The molecule has 5 heterocycles. The number of aromatic nitrogens is 2. The predicted octanol–water partition coefficient (Wildman–Crippen LogP) is -1.24. The maximum absolute atomic E-state index is 15.6. The van der Waals surface area contributed by atoms with Crippen LogP contribution in [-0.4, -0.2) is 315 Å². The number of fused-ring (bicyclic) bond motifs is 4. The van der Waals surface area contributed by atoms with Gasteiger partial charge in [-0.25, -0.2) is 0 Å². The molecule has 8 rings (SSSR count). The van der Waals surface area contributed by atoms with Crippen LogP contribution in [0, 0.1) is 11.8 Å². The average Bonchev–Trinajstić information content (AvgIpc) is 1.75. The Labute approximate surface area is 765 Å². The van der Waals surface area contributed by atoms with Gasteiger partial charge in [-0.15, -0.1) is 11.8 Å². The van der Waals surface area contributed by atoms with Crippen molar-refractivity contribution in [3.63, 3.8) is 0 Å². The first-order valence-electron chi connectivity index (χ1n) is 44.6. The lowest BCUT2D eigenvalue weighted by molar-refractivity contribution is -0.149. The number of aliphatic hydroxyl groups excluding tert-OH is 1. The van der Waals surface area contributed by atoms with E-state index in [0.717, 1.165) is 26.5 Å². The fourth-order valence-electron chi connectivity index (χ4n) is 16.2. The quantitative estimate of drug-likeness (QED) is 0.0304. The number of hydrogen-bond acceptors (Lipinski definition) is 22. The first-order chi connectivity index (χ1) is 62.4. The van der Waals surface area contributed by atoms with Crippen LogP contribution < -0.4 is 70.0 Å². The van der Waals surface area contributed by atoms with Gasteiger partial charge in [0, 0.05) is 120 Å². The molecule has 40 nitrogen and oxygen atoms in total. The van der Waals surface area contributed by atoms with E-state index in [1.165, 1.54) is 69.2 Å². The number of phenols is 1. The highest BCUT2D eigenvalue weighted by atomic mass is 32.2. The number of H-pyrrole nitrogens is 2. The third-order valence-corrected chi connectivity index (χ3v) is 24.6. The van der Waals surface area contributed by atoms with Gasteiger partial charge in [0.05, 0.1) is 38.0 Å². The first kappa shape index (κ1) is 104. The van der Waals surface area contributed by atoms with Crippen LogP contribution in [-0.2, 0) is 106 Å². The number of nitrogens with zero attached hydrogens (tertiary/aromatic N) is 5. The van der Waals surface area contributed by atoms with Crippen molar-refractivity contribution in [2.24, 2.45) is 23.3 Å². The number of unbranched alkanes of at least 4 members (excludes halogenated alkanes) is 2. The number of primary amides is 1. The Morgan fingerprint density at radius 2 is 1.10 bits per heavy atom. The van der Waals surface area contributed by atoms with Gasteiger partial charge in [-0.05, 0) is 98.2 Å². The number of amides is 17. The summed E-state index contributed by atoms with van der Waals surface area (Å²) in [4.78, 5) is 261. The van der Waals surface area contributed by atoms with Crippen molar-refractivity contribution < 1.29 is 96.5 Å². The number of ether oxygens (including phenoxy) is 1. The van der Waals surface area contributed by atoms with E-state index in [1.54, 1.807) is 76.5 Å². The minimum Gasteiger partial charge on any atom is -0.508 e. The molecule has 3 aromatic carbocycles. The zero-order chi connectivity index (χ0) is 96.0. The Kier molecular flexibility index (Phi) is 39.9. The number of aromatic amines is 2. The lowest BCUT2D eigenvalue weighted by Gasteiger charge is -2.36. The number of rotatable bonds is 25. The molecule has 0 radical (unpaired) electrons. The fraction of sp³-hybridized carbons (Fsp3) is 0.567. The monoisotopic (exact) mass is 1840 g/mol. The molecule has 1 unspecified atom stereocenters. The van der Waals surface area contributed by atoms with Gasteiger partial charge in [0.15, 0.2) is 0 Å². The molecule has 3 fully saturated rings. The number of aromatic hydroxyl groups is 1. The summed E-state index contributed by atoms with van der Waals surface area (Å²) in [5, 5.41) is 52.3. The Morgan fingerprint density at radius 3 is 1.71 bits per heavy atom. The number of carbonyl (C=O) groups excluding carboxylic acids is 17. The van der Waals surface area contributed by atoms with Crippen LogP contribution in [0.3, 0.4) is 0 Å². The minimum atomic E-state index is -1.75. The van der Waals surface area contributed by atoms with Gasteiger partial charge in [-0.1, -0.05) is 116 Å². The van der Waals surface area contributed by atoms with Crippen LogP contribution in [0.15, 0.2) is 85.2 Å². The highest BCUT2D eigenvalue weighted by molar-refractivity contribution is 8.00. The van der Waals surface area contributed by atoms with Crippen LogP contribution in [0.5, 0.6) is 5.75 Å². The van der Waals surface area contributed by atoms with E-state index in [9.17, 15) is 67.7 Å². The number of benzene rings is 3. The molecular weight excluding hydrogens is 1710 g/mol. The Balaban J connectivity index is 1.17. The van der Waals surface area contributed by atoms with Gasteiger partial charge >= 0.3 is 0 Å². The molecule has 14 atom stereocenters. The summed E-state index contributed by atoms with van der Waals surface area (Å²) < 4.78 is 5.04. The lowest BCUT2D eigenvalue weighted by Crippen LogP contribution is -2.61. The van der Waals surface area contributed by atoms with Crippen LogP contribution in [0.4, 0.5) is 0 Å². The number of likely N-dealkylation sites (N-methyl/N-ethyl adjacent to an activating group) is 3. The number of phenolic OH excluding ortho intramolecular Hbond substituents is 1.